The highest BCUT2D eigenvalue weighted by Gasteiger charge is 2.37. The van der Waals surface area contributed by atoms with Crippen molar-refractivity contribution in [2.24, 2.45) is 5.92 Å². The number of nitrogens with zero attached hydrogens (tertiary/aromatic N) is 2. The van der Waals surface area contributed by atoms with Crippen molar-refractivity contribution in [1.82, 2.24) is 15.1 Å². The first kappa shape index (κ1) is 23.3. The maximum atomic E-state index is 13.9. The third-order valence-corrected chi connectivity index (χ3v) is 4.98. The highest BCUT2D eigenvalue weighted by atomic mass is 19.4. The largest absolute Gasteiger partial charge is 0.493 e. The molecule has 7 heteroatoms. The summed E-state index contributed by atoms with van der Waals surface area (Å²) in [6.45, 7) is 9.47. The van der Waals surface area contributed by atoms with E-state index in [0.717, 1.165) is 24.9 Å². The minimum atomic E-state index is -4.49. The van der Waals surface area contributed by atoms with E-state index in [1.165, 1.54) is 13.0 Å². The molecule has 1 aromatic carbocycles. The second-order valence-corrected chi connectivity index (χ2v) is 8.00. The molecule has 162 valence electrons. The summed E-state index contributed by atoms with van der Waals surface area (Å²) in [5.74, 6) is 0.252. The molecule has 1 heterocycles. The van der Waals surface area contributed by atoms with E-state index in [2.05, 4.69) is 22.0 Å². The molecule has 0 radical (unpaired) electrons. The molecular formula is C22H32F3N3O. The molecular weight excluding hydrogens is 379 g/mol. The lowest BCUT2D eigenvalue weighted by Gasteiger charge is -2.20. The number of rotatable bonds is 10. The maximum absolute atomic E-state index is 13.9. The first-order chi connectivity index (χ1) is 13.6. The molecule has 2 rings (SSSR count). The highest BCUT2D eigenvalue weighted by Crippen LogP contribution is 2.42. The van der Waals surface area contributed by atoms with Gasteiger partial charge >= 0.3 is 6.18 Å². The number of nitrogens with one attached hydrogen (secondary N) is 1. The Balaban J connectivity index is 2.37. The molecule has 29 heavy (non-hydrogen) atoms. The number of hydrogen-bond donors (Lipinski definition) is 1. The van der Waals surface area contributed by atoms with Gasteiger partial charge in [-0.15, -0.1) is 0 Å². The minimum absolute atomic E-state index is 0.111. The van der Waals surface area contributed by atoms with E-state index >= 15 is 0 Å². The van der Waals surface area contributed by atoms with Crippen LogP contribution in [-0.4, -0.2) is 35.3 Å². The summed E-state index contributed by atoms with van der Waals surface area (Å²) in [6.07, 6.45) is 0.0635. The van der Waals surface area contributed by atoms with Crippen LogP contribution in [-0.2, 0) is 12.7 Å². The molecule has 2 aromatic rings. The predicted molar refractivity (Wildman–Crippen MR) is 110 cm³/mol. The molecule has 1 N–H and O–H groups in total. The van der Waals surface area contributed by atoms with Gasteiger partial charge < -0.3 is 9.64 Å². The Labute approximate surface area is 171 Å². The smallest absolute Gasteiger partial charge is 0.420 e. The van der Waals surface area contributed by atoms with Crippen LogP contribution in [0.5, 0.6) is 5.75 Å². The lowest BCUT2D eigenvalue weighted by molar-refractivity contribution is -0.139. The lowest BCUT2D eigenvalue weighted by atomic mass is 9.96. The SMILES string of the molecule is CCCCN(C)Cc1cn[nH]c1-c1ccc(OCCC(C)C)c(C(F)(F)F)c1C. The number of alkyl halides is 3. The molecule has 0 aliphatic carbocycles. The second kappa shape index (κ2) is 10.1. The summed E-state index contributed by atoms with van der Waals surface area (Å²) in [5, 5.41) is 6.99. The quantitative estimate of drug-likeness (QED) is 0.517. The number of aromatic nitrogens is 2. The van der Waals surface area contributed by atoms with E-state index in [9.17, 15) is 13.2 Å². The number of halogens is 3. The second-order valence-electron chi connectivity index (χ2n) is 8.00. The van der Waals surface area contributed by atoms with Gasteiger partial charge in [0.25, 0.3) is 0 Å². The third kappa shape index (κ3) is 6.23. The van der Waals surface area contributed by atoms with Crippen LogP contribution >= 0.6 is 0 Å². The fourth-order valence-corrected chi connectivity index (χ4v) is 3.30. The van der Waals surface area contributed by atoms with Crippen molar-refractivity contribution in [3.05, 3.63) is 35.0 Å². The van der Waals surface area contributed by atoms with Crippen LogP contribution in [0.15, 0.2) is 18.3 Å². The zero-order valence-corrected chi connectivity index (χ0v) is 18.0. The van der Waals surface area contributed by atoms with Crippen LogP contribution < -0.4 is 4.74 Å². The minimum Gasteiger partial charge on any atom is -0.493 e. The van der Waals surface area contributed by atoms with E-state index in [1.54, 1.807) is 12.3 Å². The normalized spacial score (nSPS) is 12.2. The molecule has 0 saturated carbocycles. The number of ether oxygens (including phenoxy) is 1. The standard InChI is InChI=1S/C22H32F3N3O/c1-6-7-11-28(5)14-17-13-26-27-21(17)18-8-9-19(29-12-10-15(2)3)20(16(18)4)22(23,24)25/h8-9,13,15H,6-7,10-12,14H2,1-5H3,(H,26,27). The van der Waals surface area contributed by atoms with E-state index in [-0.39, 0.29) is 17.9 Å². The van der Waals surface area contributed by atoms with Gasteiger partial charge in [-0.1, -0.05) is 27.2 Å². The molecule has 0 amide bonds. The number of aromatic amines is 1. The zero-order chi connectivity index (χ0) is 21.6. The fraction of sp³-hybridized carbons (Fsp3) is 0.591. The van der Waals surface area contributed by atoms with E-state index in [4.69, 9.17) is 4.74 Å². The summed E-state index contributed by atoms with van der Waals surface area (Å²) in [6, 6.07) is 3.12. The Morgan fingerprint density at radius 3 is 2.59 bits per heavy atom. The van der Waals surface area contributed by atoms with Gasteiger partial charge in [0.1, 0.15) is 11.3 Å². The molecule has 0 bridgehead atoms. The van der Waals surface area contributed by atoms with E-state index in [1.807, 2.05) is 20.9 Å². The van der Waals surface area contributed by atoms with E-state index in [0.29, 0.717) is 30.1 Å². The van der Waals surface area contributed by atoms with Crippen LogP contribution in [0.4, 0.5) is 13.2 Å². The number of unbranched alkanes of at least 4 members (excludes halogenated alkanes) is 1. The molecule has 0 spiro atoms. The van der Waals surface area contributed by atoms with Crippen LogP contribution in [0.3, 0.4) is 0 Å². The summed E-state index contributed by atoms with van der Waals surface area (Å²) >= 11 is 0. The molecule has 1 aromatic heterocycles. The first-order valence-electron chi connectivity index (χ1n) is 10.2. The van der Waals surface area contributed by atoms with Crippen molar-refractivity contribution in [2.45, 2.75) is 59.7 Å². The molecule has 0 saturated heterocycles. The zero-order valence-electron chi connectivity index (χ0n) is 18.0. The summed E-state index contributed by atoms with van der Waals surface area (Å²) < 4.78 is 47.1. The topological polar surface area (TPSA) is 41.2 Å². The monoisotopic (exact) mass is 411 g/mol. The van der Waals surface area contributed by atoms with Crippen LogP contribution in [0.1, 0.15) is 56.7 Å². The fourth-order valence-electron chi connectivity index (χ4n) is 3.30. The van der Waals surface area contributed by atoms with E-state index < -0.39 is 11.7 Å². The van der Waals surface area contributed by atoms with Crippen LogP contribution in [0.2, 0.25) is 0 Å². The van der Waals surface area contributed by atoms with Crippen LogP contribution in [0.25, 0.3) is 11.3 Å². The average Bonchev–Trinajstić information content (AvgIpc) is 3.06. The number of hydrogen-bond acceptors (Lipinski definition) is 3. The van der Waals surface area contributed by atoms with Gasteiger partial charge in [0.05, 0.1) is 18.5 Å². The Hall–Kier alpha value is -2.02. The summed E-state index contributed by atoms with van der Waals surface area (Å²) in [5.41, 5.74) is 1.46. The number of H-pyrrole nitrogens is 1. The number of benzene rings is 1. The average molecular weight is 412 g/mol. The van der Waals surface area contributed by atoms with Gasteiger partial charge in [-0.05, 0) is 57.0 Å². The van der Waals surface area contributed by atoms with Gasteiger partial charge in [-0.2, -0.15) is 18.3 Å². The van der Waals surface area contributed by atoms with Gasteiger partial charge in [0, 0.05) is 17.7 Å². The molecule has 0 aliphatic rings. The molecule has 0 unspecified atom stereocenters. The van der Waals surface area contributed by atoms with Crippen molar-refractivity contribution in [3.63, 3.8) is 0 Å². The van der Waals surface area contributed by atoms with Gasteiger partial charge in [-0.3, -0.25) is 5.10 Å². The molecule has 0 aliphatic heterocycles. The molecule has 0 fully saturated rings. The molecule has 4 nitrogen and oxygen atoms in total. The Morgan fingerprint density at radius 1 is 1.24 bits per heavy atom. The third-order valence-electron chi connectivity index (χ3n) is 4.98. The predicted octanol–water partition coefficient (Wildman–Crippen LogP) is 6.06. The van der Waals surface area contributed by atoms with Crippen molar-refractivity contribution in [2.75, 3.05) is 20.2 Å². The Morgan fingerprint density at radius 2 is 1.97 bits per heavy atom. The molecule has 0 atom stereocenters. The lowest BCUT2D eigenvalue weighted by Crippen LogP contribution is -2.19. The van der Waals surface area contributed by atoms with Gasteiger partial charge in [0.15, 0.2) is 0 Å². The van der Waals surface area contributed by atoms with Crippen LogP contribution in [0, 0.1) is 12.8 Å². The Bertz CT molecular complexity index is 784. The van der Waals surface area contributed by atoms with Gasteiger partial charge in [-0.25, -0.2) is 0 Å². The van der Waals surface area contributed by atoms with Crippen molar-refractivity contribution < 1.29 is 17.9 Å². The van der Waals surface area contributed by atoms with Crippen molar-refractivity contribution >= 4 is 0 Å². The Kier molecular flexibility index (Phi) is 8.14. The van der Waals surface area contributed by atoms with Gasteiger partial charge in [0.2, 0.25) is 0 Å². The first-order valence-corrected chi connectivity index (χ1v) is 10.2. The maximum Gasteiger partial charge on any atom is 0.420 e. The summed E-state index contributed by atoms with van der Waals surface area (Å²) in [7, 11) is 2.01. The van der Waals surface area contributed by atoms with Crippen molar-refractivity contribution in [1.29, 1.82) is 0 Å². The van der Waals surface area contributed by atoms with Crippen molar-refractivity contribution in [3.8, 4) is 17.0 Å². The highest BCUT2D eigenvalue weighted by molar-refractivity contribution is 5.70. The summed E-state index contributed by atoms with van der Waals surface area (Å²) in [4.78, 5) is 2.15.